The summed E-state index contributed by atoms with van der Waals surface area (Å²) in [5.74, 6) is 0. The number of para-hydroxylation sites is 5. The smallest absolute Gasteiger partial charge is 0.148 e. The van der Waals surface area contributed by atoms with Gasteiger partial charge in [-0.25, -0.2) is 0 Å². The molecule has 0 saturated carbocycles. The van der Waals surface area contributed by atoms with Crippen LogP contribution in [0.3, 0.4) is 0 Å². The van der Waals surface area contributed by atoms with Crippen molar-refractivity contribution in [1.29, 1.82) is 31.6 Å². The third kappa shape index (κ3) is 12.2. The second-order valence-electron chi connectivity index (χ2n) is 11.3. The summed E-state index contributed by atoms with van der Waals surface area (Å²) >= 11 is 0. The predicted octanol–water partition coefficient (Wildman–Crippen LogP) is 12.1. The molecule has 0 atom stereocenters. The van der Waals surface area contributed by atoms with E-state index in [0.717, 1.165) is 17.1 Å². The number of anilines is 6. The summed E-state index contributed by atoms with van der Waals surface area (Å²) in [5, 5.41) is 51.9. The van der Waals surface area contributed by atoms with Crippen molar-refractivity contribution in [2.24, 2.45) is 0 Å². The van der Waals surface area contributed by atoms with E-state index in [-0.39, 0.29) is 22.3 Å². The minimum Gasteiger partial charge on any atom is -0.311 e. The summed E-state index contributed by atoms with van der Waals surface area (Å²) in [5.41, 5.74) is 6.90. The predicted molar refractivity (Wildman–Crippen MR) is 223 cm³/mol. The number of alkyl halides is 1. The van der Waals surface area contributed by atoms with Crippen molar-refractivity contribution in [2.75, 3.05) is 17.0 Å². The number of allylic oxidation sites excluding steroid dienone is 4. The molecule has 57 heavy (non-hydrogen) atoms. The molecule has 6 aromatic rings. The lowest BCUT2D eigenvalue weighted by Gasteiger charge is -2.25. The maximum Gasteiger partial charge on any atom is 0.148 e. The molecule has 8 nitrogen and oxygen atoms in total. The van der Waals surface area contributed by atoms with Crippen molar-refractivity contribution >= 4 is 39.7 Å². The molecule has 274 valence electrons. The first-order chi connectivity index (χ1) is 28.4. The molecule has 6 rings (SSSR count). The Kier molecular flexibility index (Phi) is 17.1. The molecule has 6 aromatic carbocycles. The Labute approximate surface area is 334 Å². The van der Waals surface area contributed by atoms with Gasteiger partial charge in [0.05, 0.1) is 25.7 Å². The summed E-state index contributed by atoms with van der Waals surface area (Å²) in [7, 11) is -1.00. The van der Waals surface area contributed by atoms with Gasteiger partial charge in [0.15, 0.2) is 0 Å². The highest BCUT2D eigenvalue weighted by atomic mass is 19.1. The minimum absolute atomic E-state index is 0.0810. The van der Waals surface area contributed by atoms with E-state index in [0.29, 0.717) is 5.56 Å². The Morgan fingerprint density at radius 1 is 0.404 bits per heavy atom. The van der Waals surface area contributed by atoms with Gasteiger partial charge in [0.2, 0.25) is 0 Å². The summed E-state index contributed by atoms with van der Waals surface area (Å²) in [6.45, 7) is 1.43. The third-order valence-corrected chi connectivity index (χ3v) is 7.84. The minimum atomic E-state index is -1.00. The average molecular weight is 744 g/mol. The fraction of sp³-hybridized carbons (Fsp3) is 0.0417. The lowest BCUT2D eigenvalue weighted by atomic mass is 10.0. The van der Waals surface area contributed by atoms with Crippen molar-refractivity contribution < 1.29 is 5.76 Å². The highest BCUT2D eigenvalue weighted by molar-refractivity contribution is 5.86. The molecule has 0 aromatic heterocycles. The molecule has 0 radical (unpaired) electrons. The van der Waals surface area contributed by atoms with Crippen LogP contribution in [0.2, 0.25) is 0 Å². The fourth-order valence-corrected chi connectivity index (χ4v) is 5.21. The SMILES string of the molecule is CC(C#N)=C(C#N)C#N.N#CC(C#N)=C(C#N)c1ccc(N(c2ccccc2)c2ccccc2)cc1.[2H]CF.c1ccc(N(c2ccccc2)c2ccccc2)cc1. The Bertz CT molecular complexity index is 2340. The molecule has 0 saturated heterocycles. The quantitative estimate of drug-likeness (QED) is 0.147. The van der Waals surface area contributed by atoms with Gasteiger partial charge >= 0.3 is 0 Å². The lowest BCUT2D eigenvalue weighted by molar-refractivity contribution is 0.636. The Morgan fingerprint density at radius 2 is 0.667 bits per heavy atom. The van der Waals surface area contributed by atoms with Crippen LogP contribution in [0.5, 0.6) is 0 Å². The molecule has 0 fully saturated rings. The van der Waals surface area contributed by atoms with Crippen LogP contribution >= 0.6 is 0 Å². The Hall–Kier alpha value is -8.73. The molecule has 9 heteroatoms. The van der Waals surface area contributed by atoms with Gasteiger partial charge in [-0.2, -0.15) is 31.6 Å². The van der Waals surface area contributed by atoms with Crippen LogP contribution in [-0.2, 0) is 0 Å². The zero-order valence-electron chi connectivity index (χ0n) is 31.9. The number of nitrogens with zero attached hydrogens (tertiary/aromatic N) is 8. The van der Waals surface area contributed by atoms with Crippen molar-refractivity contribution in [1.82, 2.24) is 0 Å². The van der Waals surface area contributed by atoms with Crippen LogP contribution in [0.15, 0.2) is 193 Å². The van der Waals surface area contributed by atoms with E-state index in [4.69, 9.17) is 27.7 Å². The largest absolute Gasteiger partial charge is 0.311 e. The maximum absolute atomic E-state index is 9.96. The number of hydrogen-bond acceptors (Lipinski definition) is 8. The van der Waals surface area contributed by atoms with E-state index < -0.39 is 7.15 Å². The van der Waals surface area contributed by atoms with Crippen LogP contribution < -0.4 is 9.80 Å². The summed E-state index contributed by atoms with van der Waals surface area (Å²) in [6, 6.07) is 68.8. The number of halogens is 1. The zero-order valence-corrected chi connectivity index (χ0v) is 30.9. The molecule has 0 spiro atoms. The van der Waals surface area contributed by atoms with Crippen molar-refractivity contribution in [3.8, 4) is 36.4 Å². The van der Waals surface area contributed by atoms with Crippen LogP contribution in [0.1, 0.15) is 13.9 Å². The van der Waals surface area contributed by atoms with Gasteiger partial charge in [-0.1, -0.05) is 103 Å². The van der Waals surface area contributed by atoms with Crippen molar-refractivity contribution in [3.05, 3.63) is 198 Å². The zero-order chi connectivity index (χ0) is 42.0. The molecule has 0 aliphatic heterocycles. The van der Waals surface area contributed by atoms with E-state index in [1.165, 1.54) is 24.0 Å². The number of hydrogen-bond donors (Lipinski definition) is 0. The standard InChI is InChI=1S/C23H14N4.C18H15N.C6H3N3.CH3F/c24-15-19(16-25)23(17-26)18-11-13-22(14-12-18)27(20-7-3-1-4-8-20)21-9-5-2-6-10-21;1-4-10-16(11-5-1)19(17-12-6-2-7-13-17)18-14-8-3-9-15-18;1-5(2-7)6(3-8)4-9;1-2/h1-14H;1-15H;1H3;1H3/i;;;1D. The first-order valence-electron chi connectivity index (χ1n) is 17.8. The first kappa shape index (κ1) is 41.0. The third-order valence-electron chi connectivity index (χ3n) is 7.84. The van der Waals surface area contributed by atoms with Crippen molar-refractivity contribution in [2.45, 2.75) is 6.92 Å². The summed E-state index contributed by atoms with van der Waals surface area (Å²) in [4.78, 5) is 4.34. The Balaban J connectivity index is 0.000000251. The maximum atomic E-state index is 9.96. The van der Waals surface area contributed by atoms with Gasteiger partial charge in [-0.15, -0.1) is 0 Å². The second kappa shape index (κ2) is 23.8. The van der Waals surface area contributed by atoms with Gasteiger partial charge in [-0.3, -0.25) is 4.39 Å². The first-order valence-corrected chi connectivity index (χ1v) is 17.1. The van der Waals surface area contributed by atoms with Crippen LogP contribution in [0, 0.1) is 68.0 Å². The van der Waals surface area contributed by atoms with Gasteiger partial charge in [-0.05, 0) is 85.3 Å². The molecular weight excluding hydrogens is 708 g/mol. The fourth-order valence-electron chi connectivity index (χ4n) is 5.21. The molecule has 0 amide bonds. The second-order valence-corrected chi connectivity index (χ2v) is 11.3. The summed E-state index contributed by atoms with van der Waals surface area (Å²) in [6.07, 6.45) is 0. The van der Waals surface area contributed by atoms with Crippen LogP contribution in [-0.4, -0.2) is 7.15 Å². The molecule has 0 bridgehead atoms. The highest BCUT2D eigenvalue weighted by Crippen LogP contribution is 2.35. The lowest BCUT2D eigenvalue weighted by Crippen LogP contribution is -2.09. The molecule has 0 heterocycles. The van der Waals surface area contributed by atoms with E-state index >= 15 is 0 Å². The molecule has 0 unspecified atom stereocenters. The number of benzene rings is 6. The van der Waals surface area contributed by atoms with E-state index in [1.54, 1.807) is 42.5 Å². The van der Waals surface area contributed by atoms with Crippen LogP contribution in [0.25, 0.3) is 5.57 Å². The average Bonchev–Trinajstić information content (AvgIpc) is 3.29. The van der Waals surface area contributed by atoms with Gasteiger partial charge in [0.1, 0.15) is 41.5 Å². The van der Waals surface area contributed by atoms with E-state index in [2.05, 4.69) is 82.6 Å². The number of rotatable bonds is 7. The molecular formula is C48H35FN8. The molecule has 0 N–H and O–H groups in total. The number of nitriles is 6. The topological polar surface area (TPSA) is 149 Å². The Morgan fingerprint density at radius 3 is 0.877 bits per heavy atom. The molecule has 0 aliphatic carbocycles. The van der Waals surface area contributed by atoms with Crippen molar-refractivity contribution in [3.63, 3.8) is 0 Å². The van der Waals surface area contributed by atoms with Gasteiger partial charge in [0, 0.05) is 34.1 Å². The normalized spacial score (nSPS) is 9.09. The van der Waals surface area contributed by atoms with E-state index in [1.807, 2.05) is 97.1 Å². The molecule has 0 aliphatic rings. The van der Waals surface area contributed by atoms with Gasteiger partial charge in [0.25, 0.3) is 0 Å². The van der Waals surface area contributed by atoms with Crippen LogP contribution in [0.4, 0.5) is 38.5 Å². The van der Waals surface area contributed by atoms with E-state index in [9.17, 15) is 9.65 Å². The monoisotopic (exact) mass is 743 g/mol. The summed E-state index contributed by atoms with van der Waals surface area (Å²) < 4.78 is 15.5. The highest BCUT2D eigenvalue weighted by Gasteiger charge is 2.14. The van der Waals surface area contributed by atoms with Gasteiger partial charge < -0.3 is 9.80 Å².